The van der Waals surface area contributed by atoms with Crippen LogP contribution in [0.4, 0.5) is 33.2 Å². The third-order valence-electron chi connectivity index (χ3n) is 9.38. The van der Waals surface area contributed by atoms with Gasteiger partial charge in [0.25, 0.3) is 11.6 Å². The summed E-state index contributed by atoms with van der Waals surface area (Å²) in [6.45, 7) is 7.16. The van der Waals surface area contributed by atoms with Crippen LogP contribution < -0.4 is 19.9 Å². The molecule has 5 aromatic rings. The summed E-state index contributed by atoms with van der Waals surface area (Å²) in [5, 5.41) is 26.1. The van der Waals surface area contributed by atoms with Gasteiger partial charge in [0, 0.05) is 71.4 Å². The molecule has 5 rings (SSSR count). The summed E-state index contributed by atoms with van der Waals surface area (Å²) >= 11 is 7.39. The van der Waals surface area contributed by atoms with Crippen LogP contribution in [-0.4, -0.2) is 75.8 Å². The second-order valence-electron chi connectivity index (χ2n) is 13.4. The lowest BCUT2D eigenvalue weighted by atomic mass is 10.1. The van der Waals surface area contributed by atoms with Gasteiger partial charge in [-0.1, -0.05) is 23.7 Å². The average Bonchev–Trinajstić information content (AvgIpc) is 3.21. The number of hydrogen-bond acceptors (Lipinski definition) is 14. The van der Waals surface area contributed by atoms with E-state index >= 15 is 0 Å². The minimum atomic E-state index is -4.02. The summed E-state index contributed by atoms with van der Waals surface area (Å²) in [6, 6.07) is 19.0. The molecule has 4 aromatic carbocycles. The van der Waals surface area contributed by atoms with Gasteiger partial charge in [-0.3, -0.25) is 35.3 Å². The molecule has 17 nitrogen and oxygen atoms in total. The van der Waals surface area contributed by atoms with E-state index in [0.29, 0.717) is 22.9 Å². The Morgan fingerprint density at radius 3 is 2.11 bits per heavy atom. The number of nitro groups is 2. The summed E-state index contributed by atoms with van der Waals surface area (Å²) in [5.41, 5.74) is -0.328. The molecule has 21 heteroatoms. The first kappa shape index (κ1) is 46.0. The van der Waals surface area contributed by atoms with E-state index in [0.717, 1.165) is 47.8 Å². The van der Waals surface area contributed by atoms with Crippen molar-refractivity contribution >= 4 is 83.5 Å². The molecule has 0 aliphatic rings. The van der Waals surface area contributed by atoms with Gasteiger partial charge in [0.15, 0.2) is 19.7 Å². The van der Waals surface area contributed by atoms with E-state index in [1.807, 2.05) is 19.9 Å². The van der Waals surface area contributed by atoms with Crippen LogP contribution in [0.3, 0.4) is 0 Å². The van der Waals surface area contributed by atoms with Gasteiger partial charge >= 0.3 is 11.8 Å². The smallest absolute Gasteiger partial charge is 0.402 e. The number of aromatic nitrogens is 1. The average molecular weight is 911 g/mol. The zero-order valence-electron chi connectivity index (χ0n) is 33.3. The van der Waals surface area contributed by atoms with Crippen molar-refractivity contribution in [1.82, 2.24) is 4.98 Å². The number of hydrogen-bond donors (Lipinski definition) is 1. The molecule has 0 fully saturated rings. The van der Waals surface area contributed by atoms with Gasteiger partial charge in [-0.05, 0) is 92.6 Å². The minimum Gasteiger partial charge on any atom is -0.402 e. The molecule has 1 atom stereocenters. The lowest BCUT2D eigenvalue weighted by Crippen LogP contribution is -2.29. The van der Waals surface area contributed by atoms with E-state index in [-0.39, 0.29) is 25.4 Å². The van der Waals surface area contributed by atoms with E-state index in [1.54, 1.807) is 19.1 Å². The quantitative estimate of drug-likeness (QED) is 0.0558. The van der Waals surface area contributed by atoms with Crippen LogP contribution in [0.15, 0.2) is 112 Å². The number of nitrogens with zero attached hydrogens (tertiary/aromatic N) is 5. The molecular weight excluding hydrogens is 872 g/mol. The summed E-state index contributed by atoms with van der Waals surface area (Å²) < 4.78 is 57.4. The fourth-order valence-corrected chi connectivity index (χ4v) is 10.3. The highest BCUT2D eigenvalue weighted by Gasteiger charge is 2.34. The summed E-state index contributed by atoms with van der Waals surface area (Å²) in [4.78, 5) is 57.3. The highest BCUT2D eigenvalue weighted by molar-refractivity contribution is 8.01. The Bertz CT molecular complexity index is 2720. The van der Waals surface area contributed by atoms with Gasteiger partial charge in [-0.25, -0.2) is 21.6 Å². The molecule has 2 amide bonds. The zero-order valence-corrected chi connectivity index (χ0v) is 36.5. The molecule has 0 aliphatic carbocycles. The number of thioether (sulfide) groups is 1. The van der Waals surface area contributed by atoms with Crippen LogP contribution in [0.25, 0.3) is 0 Å². The number of aryl methyl sites for hydroxylation is 1. The van der Waals surface area contributed by atoms with E-state index in [4.69, 9.17) is 16.3 Å². The van der Waals surface area contributed by atoms with Crippen LogP contribution in [0, 0.1) is 27.2 Å². The Morgan fingerprint density at radius 2 is 1.54 bits per heavy atom. The molecule has 0 saturated heterocycles. The Morgan fingerprint density at radius 1 is 0.885 bits per heavy atom. The van der Waals surface area contributed by atoms with Gasteiger partial charge < -0.3 is 14.5 Å². The number of ether oxygens (including phenoxy) is 1. The third-order valence-corrected chi connectivity index (χ3v) is 14.0. The van der Waals surface area contributed by atoms with E-state index in [1.165, 1.54) is 74.0 Å². The van der Waals surface area contributed by atoms with Gasteiger partial charge in [0.05, 0.1) is 42.7 Å². The van der Waals surface area contributed by atoms with Crippen LogP contribution >= 0.6 is 23.4 Å². The fourth-order valence-electron chi connectivity index (χ4n) is 6.18. The largest absolute Gasteiger partial charge is 0.417 e. The number of carbonyl (C=O) groups excluding carboxylic acids is 2. The van der Waals surface area contributed by atoms with Crippen molar-refractivity contribution in [3.05, 3.63) is 139 Å². The molecule has 1 aromatic heterocycles. The number of pyridine rings is 1. The van der Waals surface area contributed by atoms with E-state index in [2.05, 4.69) is 15.2 Å². The van der Waals surface area contributed by atoms with Crippen molar-refractivity contribution in [2.24, 2.45) is 0 Å². The van der Waals surface area contributed by atoms with Crippen LogP contribution in [-0.2, 0) is 19.7 Å². The molecule has 1 unspecified atom stereocenters. The predicted octanol–water partition coefficient (Wildman–Crippen LogP) is 8.30. The number of rotatable bonds is 16. The van der Waals surface area contributed by atoms with Crippen LogP contribution in [0.5, 0.6) is 5.75 Å². The molecule has 0 saturated carbocycles. The highest BCUT2D eigenvalue weighted by Crippen LogP contribution is 2.44. The monoisotopic (exact) mass is 910 g/mol. The number of nitro benzene ring substituents is 2. The van der Waals surface area contributed by atoms with Crippen LogP contribution in [0.1, 0.15) is 40.6 Å². The van der Waals surface area contributed by atoms with E-state index in [9.17, 15) is 46.7 Å². The van der Waals surface area contributed by atoms with Crippen molar-refractivity contribution in [2.75, 3.05) is 47.3 Å². The zero-order chi connectivity index (χ0) is 44.8. The summed E-state index contributed by atoms with van der Waals surface area (Å²) in [5.74, 6) is -2.49. The lowest BCUT2D eigenvalue weighted by molar-refractivity contribution is -0.394. The number of amides is 2. The maximum absolute atomic E-state index is 14.5. The topological polar surface area (TPSA) is 229 Å². The number of sulfone groups is 2. The molecule has 61 heavy (non-hydrogen) atoms. The molecule has 1 N–H and O–H groups in total. The first-order valence-electron chi connectivity index (χ1n) is 18.2. The summed E-state index contributed by atoms with van der Waals surface area (Å²) in [6.07, 6.45) is 2.43. The number of non-ortho nitro benzene ring substituents is 1. The number of halogens is 1. The van der Waals surface area contributed by atoms with Gasteiger partial charge in [-0.2, -0.15) is 0 Å². The second-order valence-corrected chi connectivity index (χ2v) is 19.2. The molecule has 0 aliphatic heterocycles. The van der Waals surface area contributed by atoms with Crippen molar-refractivity contribution < 1.29 is 41.0 Å². The standard InChI is InChI=1S/C40H39ClN6O11S3/c1-6-45(7-2)28-11-14-33(25(3)20-28)43-40(49)58-38-32(22-29(46(50)51)23-35(38)47(52)53)39(48)44(4)34-15-10-27(41)21-36(34)59-37(24-61(56,57)31-16-18-42-19-17-31)26-8-12-30(13-9-26)60(5,54)55/h8-23,37H,6-7,24H2,1-5H3,(H,43,49). The van der Waals surface area contributed by atoms with E-state index < -0.39 is 75.2 Å². The Labute approximate surface area is 360 Å². The number of benzene rings is 4. The van der Waals surface area contributed by atoms with Gasteiger partial charge in [0.2, 0.25) is 5.75 Å². The highest BCUT2D eigenvalue weighted by atomic mass is 35.5. The first-order chi connectivity index (χ1) is 28.7. The van der Waals surface area contributed by atoms with Crippen LogP contribution in [0.2, 0.25) is 5.02 Å². The maximum atomic E-state index is 14.5. The van der Waals surface area contributed by atoms with Crippen molar-refractivity contribution in [3.8, 4) is 5.75 Å². The molecule has 0 bridgehead atoms. The predicted molar refractivity (Wildman–Crippen MR) is 233 cm³/mol. The fraction of sp³-hybridized carbons (Fsp3) is 0.225. The SMILES string of the molecule is CCN(CC)c1ccc(NC(=O)Oc2c(C(=O)N(C)c3ccc(Cl)cc3SC(CS(=O)(=O)c3ccncc3)c3ccc(S(C)(=O)=O)cc3)cc([N+](=O)[O-])cc2[N+](=O)[O-])c(C)c1. The molecular formula is C40H39ClN6O11S3. The normalized spacial score (nSPS) is 12.0. The molecule has 0 radical (unpaired) electrons. The van der Waals surface area contributed by atoms with Gasteiger partial charge in [0.1, 0.15) is 0 Å². The second kappa shape index (κ2) is 19.1. The third kappa shape index (κ3) is 11.0. The van der Waals surface area contributed by atoms with Crippen molar-refractivity contribution in [1.29, 1.82) is 0 Å². The number of anilines is 3. The van der Waals surface area contributed by atoms with Crippen molar-refractivity contribution in [2.45, 2.75) is 40.7 Å². The number of nitrogens with one attached hydrogen (secondary N) is 1. The number of carbonyl (C=O) groups is 2. The first-order valence-corrected chi connectivity index (χ1v) is 23.0. The molecule has 1 heterocycles. The molecule has 0 spiro atoms. The van der Waals surface area contributed by atoms with Gasteiger partial charge in [-0.15, -0.1) is 11.8 Å². The molecule has 320 valence electrons. The lowest BCUT2D eigenvalue weighted by Gasteiger charge is -2.24. The Balaban J connectivity index is 1.56. The van der Waals surface area contributed by atoms with Crippen molar-refractivity contribution in [3.63, 3.8) is 0 Å². The Kier molecular flexibility index (Phi) is 14.4. The Hall–Kier alpha value is -6.09. The minimum absolute atomic E-state index is 0.00755. The summed E-state index contributed by atoms with van der Waals surface area (Å²) in [7, 11) is -6.37. The maximum Gasteiger partial charge on any atom is 0.417 e.